The van der Waals surface area contributed by atoms with E-state index in [0.717, 1.165) is 14.4 Å². The van der Waals surface area contributed by atoms with Gasteiger partial charge in [0.25, 0.3) is 0 Å². The van der Waals surface area contributed by atoms with Gasteiger partial charge in [0.2, 0.25) is 0 Å². The number of nitrogens with zero attached hydrogens (tertiary/aromatic N) is 2. The van der Waals surface area contributed by atoms with Gasteiger partial charge in [-0.05, 0) is 38.1 Å². The molecule has 0 radical (unpaired) electrons. The molecule has 0 aliphatic carbocycles. The van der Waals surface area contributed by atoms with Gasteiger partial charge in [-0.15, -0.1) is 0 Å². The fourth-order valence-electron chi connectivity index (χ4n) is 0.462. The van der Waals surface area contributed by atoms with Crippen molar-refractivity contribution < 1.29 is 0 Å². The maximum Gasteiger partial charge on any atom is 0.189 e. The van der Waals surface area contributed by atoms with Gasteiger partial charge in [-0.25, -0.2) is 9.97 Å². The summed E-state index contributed by atoms with van der Waals surface area (Å²) in [6, 6.07) is 1.81. The molecule has 0 aromatic carbocycles. The van der Waals surface area contributed by atoms with E-state index in [2.05, 4.69) is 41.8 Å². The maximum absolute atomic E-state index is 4.09. The molecule has 0 amide bonds. The molecule has 0 bridgehead atoms. The lowest BCUT2D eigenvalue weighted by molar-refractivity contribution is 0.933. The summed E-state index contributed by atoms with van der Waals surface area (Å²) in [6.07, 6.45) is 1.94. The quantitative estimate of drug-likeness (QED) is 0.450. The summed E-state index contributed by atoms with van der Waals surface area (Å²) in [5.41, 5.74) is 0. The third kappa shape index (κ3) is 2.21. The Labute approximate surface area is 80.1 Å². The second-order valence-electron chi connectivity index (χ2n) is 1.50. The molecule has 5 heteroatoms. The van der Waals surface area contributed by atoms with Gasteiger partial charge in [-0.2, -0.15) is 0 Å². The van der Waals surface area contributed by atoms with Gasteiger partial charge in [0.1, 0.15) is 9.21 Å². The molecule has 0 saturated carbocycles. The van der Waals surface area contributed by atoms with Crippen LogP contribution in [0.3, 0.4) is 0 Å². The van der Waals surface area contributed by atoms with E-state index < -0.39 is 0 Å². The number of rotatable bonds is 1. The Kier molecular flexibility index (Phi) is 3.13. The van der Waals surface area contributed by atoms with Crippen molar-refractivity contribution in [2.45, 2.75) is 5.16 Å². The van der Waals surface area contributed by atoms with Crippen LogP contribution in [-0.2, 0) is 0 Å². The Balaban J connectivity index is 3.06. The number of hydrogen-bond acceptors (Lipinski definition) is 3. The molecule has 1 rings (SSSR count). The zero-order chi connectivity index (χ0) is 7.56. The van der Waals surface area contributed by atoms with E-state index >= 15 is 0 Å². The minimum absolute atomic E-state index is 0.765. The summed E-state index contributed by atoms with van der Waals surface area (Å²) >= 11 is 8.03. The largest absolute Gasteiger partial charge is 0.215 e. The van der Waals surface area contributed by atoms with Crippen LogP contribution in [0.2, 0.25) is 0 Å². The van der Waals surface area contributed by atoms with E-state index in [9.17, 15) is 0 Å². The van der Waals surface area contributed by atoms with Crippen LogP contribution in [-0.4, -0.2) is 16.2 Å². The Morgan fingerprint density at radius 3 is 2.20 bits per heavy atom. The van der Waals surface area contributed by atoms with Crippen LogP contribution in [0.25, 0.3) is 0 Å². The fourth-order valence-corrected chi connectivity index (χ4v) is 2.15. The van der Waals surface area contributed by atoms with Crippen LogP contribution in [0.1, 0.15) is 0 Å². The predicted molar refractivity (Wildman–Crippen MR) is 49.2 cm³/mol. The third-order valence-corrected chi connectivity index (χ3v) is 2.19. The monoisotopic (exact) mass is 282 g/mol. The van der Waals surface area contributed by atoms with Crippen molar-refractivity contribution in [2.75, 3.05) is 6.26 Å². The molecule has 0 aliphatic rings. The molecule has 0 N–H and O–H groups in total. The number of halogens is 2. The molecular weight excluding hydrogens is 280 g/mol. The van der Waals surface area contributed by atoms with Gasteiger partial charge >= 0.3 is 0 Å². The van der Waals surface area contributed by atoms with E-state index in [-0.39, 0.29) is 0 Å². The summed E-state index contributed by atoms with van der Waals surface area (Å²) < 4.78 is 1.61. The van der Waals surface area contributed by atoms with E-state index in [4.69, 9.17) is 0 Å². The molecule has 2 nitrogen and oxygen atoms in total. The van der Waals surface area contributed by atoms with Gasteiger partial charge in [0.05, 0.1) is 0 Å². The molecule has 0 atom stereocenters. The number of aromatic nitrogens is 2. The van der Waals surface area contributed by atoms with Crippen molar-refractivity contribution in [1.29, 1.82) is 0 Å². The average Bonchev–Trinajstić information content (AvgIpc) is 1.85. The SMILES string of the molecule is CSc1nc(Br)cc(Br)n1. The summed E-state index contributed by atoms with van der Waals surface area (Å²) in [6.45, 7) is 0. The molecule has 0 spiro atoms. The van der Waals surface area contributed by atoms with Crippen LogP contribution in [0.4, 0.5) is 0 Å². The summed E-state index contributed by atoms with van der Waals surface area (Å²) in [7, 11) is 0. The molecule has 1 aromatic rings. The Bertz CT molecular complexity index is 221. The molecule has 0 fully saturated rings. The van der Waals surface area contributed by atoms with Gasteiger partial charge < -0.3 is 0 Å². The Hall–Kier alpha value is 0.390. The highest BCUT2D eigenvalue weighted by molar-refractivity contribution is 9.11. The van der Waals surface area contributed by atoms with Crippen molar-refractivity contribution >= 4 is 43.6 Å². The van der Waals surface area contributed by atoms with Crippen LogP contribution in [0, 0.1) is 0 Å². The summed E-state index contributed by atoms with van der Waals surface area (Å²) in [4.78, 5) is 8.18. The van der Waals surface area contributed by atoms with E-state index in [0.29, 0.717) is 0 Å². The molecule has 54 valence electrons. The van der Waals surface area contributed by atoms with E-state index in [1.54, 1.807) is 6.07 Å². The summed E-state index contributed by atoms with van der Waals surface area (Å²) in [5.74, 6) is 0. The molecular formula is C5H4Br2N2S. The van der Waals surface area contributed by atoms with Crippen LogP contribution in [0.5, 0.6) is 0 Å². The highest BCUT2D eigenvalue weighted by Gasteiger charge is 1.97. The van der Waals surface area contributed by atoms with Crippen molar-refractivity contribution in [2.24, 2.45) is 0 Å². The number of hydrogen-bond donors (Lipinski definition) is 0. The standard InChI is InChI=1S/C5H4Br2N2S/c1-10-5-8-3(6)2-4(7)9-5/h2H,1H3. The molecule has 10 heavy (non-hydrogen) atoms. The van der Waals surface area contributed by atoms with Gasteiger partial charge in [0, 0.05) is 6.07 Å². The van der Waals surface area contributed by atoms with Crippen molar-refractivity contribution in [3.05, 3.63) is 15.3 Å². The first-order chi connectivity index (χ1) is 4.72. The highest BCUT2D eigenvalue weighted by Crippen LogP contribution is 2.17. The third-order valence-electron chi connectivity index (χ3n) is 0.826. The van der Waals surface area contributed by atoms with Gasteiger partial charge in [0.15, 0.2) is 5.16 Å². The van der Waals surface area contributed by atoms with Crippen molar-refractivity contribution in [3.8, 4) is 0 Å². The fraction of sp³-hybridized carbons (Fsp3) is 0.200. The zero-order valence-corrected chi connectivity index (χ0v) is 9.12. The molecule has 0 aliphatic heterocycles. The van der Waals surface area contributed by atoms with Crippen molar-refractivity contribution in [3.63, 3.8) is 0 Å². The second-order valence-corrected chi connectivity index (χ2v) is 3.90. The highest BCUT2D eigenvalue weighted by atomic mass is 79.9. The Morgan fingerprint density at radius 2 is 1.80 bits per heavy atom. The lowest BCUT2D eigenvalue weighted by Crippen LogP contribution is -1.85. The van der Waals surface area contributed by atoms with Crippen LogP contribution in [0.15, 0.2) is 20.4 Å². The average molecular weight is 284 g/mol. The molecule has 1 heterocycles. The molecule has 0 saturated heterocycles. The van der Waals surface area contributed by atoms with Gasteiger partial charge in [-0.1, -0.05) is 11.8 Å². The van der Waals surface area contributed by atoms with E-state index in [1.807, 2.05) is 6.26 Å². The maximum atomic E-state index is 4.09. The molecule has 1 aromatic heterocycles. The Morgan fingerprint density at radius 1 is 1.30 bits per heavy atom. The predicted octanol–water partition coefficient (Wildman–Crippen LogP) is 2.72. The first-order valence-electron chi connectivity index (χ1n) is 2.46. The number of thioether (sulfide) groups is 1. The second kappa shape index (κ2) is 3.69. The van der Waals surface area contributed by atoms with Crippen molar-refractivity contribution in [1.82, 2.24) is 9.97 Å². The molecule has 0 unspecified atom stereocenters. The van der Waals surface area contributed by atoms with Crippen LogP contribution < -0.4 is 0 Å². The topological polar surface area (TPSA) is 25.8 Å². The first kappa shape index (κ1) is 8.49. The van der Waals surface area contributed by atoms with E-state index in [1.165, 1.54) is 11.8 Å². The minimum atomic E-state index is 0.765. The lowest BCUT2D eigenvalue weighted by atomic mass is 10.7. The zero-order valence-electron chi connectivity index (χ0n) is 5.14. The van der Waals surface area contributed by atoms with Gasteiger partial charge in [-0.3, -0.25) is 0 Å². The smallest absolute Gasteiger partial charge is 0.189 e. The normalized spacial score (nSPS) is 9.90. The summed E-state index contributed by atoms with van der Waals surface area (Å²) in [5, 5.41) is 0.765. The lowest BCUT2D eigenvalue weighted by Gasteiger charge is -1.95. The minimum Gasteiger partial charge on any atom is -0.215 e. The van der Waals surface area contributed by atoms with Crippen LogP contribution >= 0.6 is 43.6 Å². The first-order valence-corrected chi connectivity index (χ1v) is 5.27.